The zero-order chi connectivity index (χ0) is 11.2. The Morgan fingerprint density at radius 2 is 1.50 bits per heavy atom. The second-order valence-electron chi connectivity index (χ2n) is 5.21. The van der Waals surface area contributed by atoms with Crippen molar-refractivity contribution in [2.45, 2.75) is 44.6 Å². The van der Waals surface area contributed by atoms with E-state index in [0.29, 0.717) is 0 Å². The molecule has 0 aromatic heterocycles. The van der Waals surface area contributed by atoms with Crippen molar-refractivity contribution in [1.29, 1.82) is 0 Å². The van der Waals surface area contributed by atoms with Gasteiger partial charge in [0.2, 0.25) is 0 Å². The van der Waals surface area contributed by atoms with Gasteiger partial charge in [0.25, 0.3) is 0 Å². The zero-order valence-corrected chi connectivity index (χ0v) is 11.9. The SMILES string of the molecule is BrCCN1CCN(C2CCCCCC2)CC1. The fourth-order valence-corrected chi connectivity index (χ4v) is 3.60. The van der Waals surface area contributed by atoms with Crippen LogP contribution < -0.4 is 0 Å². The lowest BCUT2D eigenvalue weighted by Crippen LogP contribution is -2.50. The number of hydrogen-bond acceptors (Lipinski definition) is 2. The fraction of sp³-hybridized carbons (Fsp3) is 1.00. The average Bonchev–Trinajstić information content (AvgIpc) is 2.59. The molecule has 0 aromatic carbocycles. The van der Waals surface area contributed by atoms with Gasteiger partial charge in [-0.25, -0.2) is 0 Å². The predicted octanol–water partition coefficient (Wildman–Crippen LogP) is 2.72. The number of rotatable bonds is 3. The van der Waals surface area contributed by atoms with Crippen LogP contribution in [0.4, 0.5) is 0 Å². The van der Waals surface area contributed by atoms with E-state index in [4.69, 9.17) is 0 Å². The first-order valence-corrected chi connectivity index (χ1v) is 8.04. The molecule has 0 aromatic rings. The van der Waals surface area contributed by atoms with Gasteiger partial charge >= 0.3 is 0 Å². The Labute approximate surface area is 108 Å². The molecule has 0 unspecified atom stereocenters. The van der Waals surface area contributed by atoms with Gasteiger partial charge < -0.3 is 0 Å². The van der Waals surface area contributed by atoms with E-state index in [1.807, 2.05) is 0 Å². The van der Waals surface area contributed by atoms with Crippen LogP contribution in [-0.2, 0) is 0 Å². The monoisotopic (exact) mass is 288 g/mol. The highest BCUT2D eigenvalue weighted by Crippen LogP contribution is 2.22. The summed E-state index contributed by atoms with van der Waals surface area (Å²) >= 11 is 3.53. The standard InChI is InChI=1S/C13H25BrN2/c14-7-8-15-9-11-16(12-10-15)13-5-3-1-2-4-6-13/h13H,1-12H2. The highest BCUT2D eigenvalue weighted by atomic mass is 79.9. The maximum atomic E-state index is 3.53. The van der Waals surface area contributed by atoms with Crippen molar-refractivity contribution in [3.63, 3.8) is 0 Å². The lowest BCUT2D eigenvalue weighted by Gasteiger charge is -2.39. The van der Waals surface area contributed by atoms with Crippen LogP contribution in [0.5, 0.6) is 0 Å². The summed E-state index contributed by atoms with van der Waals surface area (Å²) in [5.41, 5.74) is 0. The largest absolute Gasteiger partial charge is 0.300 e. The molecule has 1 saturated heterocycles. The molecule has 1 saturated carbocycles. The molecule has 0 spiro atoms. The molecule has 2 nitrogen and oxygen atoms in total. The second kappa shape index (κ2) is 6.97. The van der Waals surface area contributed by atoms with Gasteiger partial charge in [0.15, 0.2) is 0 Å². The number of alkyl halides is 1. The second-order valence-corrected chi connectivity index (χ2v) is 6.00. The Morgan fingerprint density at radius 3 is 2.06 bits per heavy atom. The van der Waals surface area contributed by atoms with E-state index in [0.717, 1.165) is 11.4 Å². The van der Waals surface area contributed by atoms with Crippen molar-refractivity contribution in [2.24, 2.45) is 0 Å². The van der Waals surface area contributed by atoms with Crippen molar-refractivity contribution in [1.82, 2.24) is 9.80 Å². The van der Waals surface area contributed by atoms with Crippen LogP contribution in [0.3, 0.4) is 0 Å². The highest BCUT2D eigenvalue weighted by molar-refractivity contribution is 9.09. The first-order chi connectivity index (χ1) is 7.90. The lowest BCUT2D eigenvalue weighted by atomic mass is 10.1. The molecule has 2 rings (SSSR count). The molecule has 3 heteroatoms. The summed E-state index contributed by atoms with van der Waals surface area (Å²) in [6, 6.07) is 0.911. The molecule has 16 heavy (non-hydrogen) atoms. The van der Waals surface area contributed by atoms with Gasteiger partial charge in [-0.2, -0.15) is 0 Å². The predicted molar refractivity (Wildman–Crippen MR) is 73.3 cm³/mol. The van der Waals surface area contributed by atoms with E-state index in [1.54, 1.807) is 0 Å². The Hall–Kier alpha value is 0.400. The number of hydrogen-bond donors (Lipinski definition) is 0. The number of nitrogens with zero attached hydrogens (tertiary/aromatic N) is 2. The first-order valence-electron chi connectivity index (χ1n) is 6.92. The summed E-state index contributed by atoms with van der Waals surface area (Å²) in [7, 11) is 0. The highest BCUT2D eigenvalue weighted by Gasteiger charge is 2.23. The van der Waals surface area contributed by atoms with Gasteiger partial charge in [0.1, 0.15) is 0 Å². The fourth-order valence-electron chi connectivity index (χ4n) is 3.09. The zero-order valence-electron chi connectivity index (χ0n) is 10.3. The molecule has 2 fully saturated rings. The third-order valence-corrected chi connectivity index (χ3v) is 4.50. The van der Waals surface area contributed by atoms with Gasteiger partial charge in [-0.15, -0.1) is 0 Å². The van der Waals surface area contributed by atoms with Gasteiger partial charge in [-0.1, -0.05) is 41.6 Å². The summed E-state index contributed by atoms with van der Waals surface area (Å²) in [5, 5.41) is 1.12. The van der Waals surface area contributed by atoms with Crippen LogP contribution in [0.1, 0.15) is 38.5 Å². The molecule has 94 valence electrons. The van der Waals surface area contributed by atoms with Crippen molar-refractivity contribution in [2.75, 3.05) is 38.1 Å². The summed E-state index contributed by atoms with van der Waals surface area (Å²) in [4.78, 5) is 5.35. The Bertz CT molecular complexity index is 182. The van der Waals surface area contributed by atoms with Crippen LogP contribution in [0.15, 0.2) is 0 Å². The molecule has 0 N–H and O–H groups in total. The molecule has 1 aliphatic heterocycles. The molecule has 2 aliphatic rings. The first kappa shape index (κ1) is 12.8. The third-order valence-electron chi connectivity index (χ3n) is 4.15. The molecule has 1 aliphatic carbocycles. The topological polar surface area (TPSA) is 6.48 Å². The normalized spacial score (nSPS) is 26.8. The van der Waals surface area contributed by atoms with Crippen LogP contribution in [-0.4, -0.2) is 53.9 Å². The van der Waals surface area contributed by atoms with Crippen LogP contribution in [0, 0.1) is 0 Å². The van der Waals surface area contributed by atoms with E-state index < -0.39 is 0 Å². The quantitative estimate of drug-likeness (QED) is 0.582. The maximum Gasteiger partial charge on any atom is 0.0159 e. The van der Waals surface area contributed by atoms with Crippen LogP contribution in [0.25, 0.3) is 0 Å². The molecule has 0 bridgehead atoms. The molecular formula is C13H25BrN2. The molecule has 1 heterocycles. The summed E-state index contributed by atoms with van der Waals surface area (Å²) in [5.74, 6) is 0. The molecule has 0 radical (unpaired) electrons. The van der Waals surface area contributed by atoms with E-state index in [1.165, 1.54) is 71.2 Å². The molecule has 0 atom stereocenters. The Balaban J connectivity index is 1.74. The lowest BCUT2D eigenvalue weighted by molar-refractivity contribution is 0.0929. The number of piperazine rings is 1. The minimum absolute atomic E-state index is 0.911. The van der Waals surface area contributed by atoms with Gasteiger partial charge in [0.05, 0.1) is 0 Å². The van der Waals surface area contributed by atoms with Crippen molar-refractivity contribution < 1.29 is 0 Å². The summed E-state index contributed by atoms with van der Waals surface area (Å²) < 4.78 is 0. The Kier molecular flexibility index (Phi) is 5.60. The van der Waals surface area contributed by atoms with E-state index in [2.05, 4.69) is 25.7 Å². The van der Waals surface area contributed by atoms with E-state index in [9.17, 15) is 0 Å². The summed E-state index contributed by atoms with van der Waals surface area (Å²) in [6.45, 7) is 6.39. The minimum Gasteiger partial charge on any atom is -0.300 e. The summed E-state index contributed by atoms with van der Waals surface area (Å²) in [6.07, 6.45) is 8.79. The van der Waals surface area contributed by atoms with Crippen molar-refractivity contribution in [3.05, 3.63) is 0 Å². The van der Waals surface area contributed by atoms with Crippen molar-refractivity contribution in [3.8, 4) is 0 Å². The smallest absolute Gasteiger partial charge is 0.0159 e. The average molecular weight is 289 g/mol. The third kappa shape index (κ3) is 3.71. The molecular weight excluding hydrogens is 264 g/mol. The van der Waals surface area contributed by atoms with Gasteiger partial charge in [-0.3, -0.25) is 9.80 Å². The van der Waals surface area contributed by atoms with E-state index >= 15 is 0 Å². The van der Waals surface area contributed by atoms with Crippen LogP contribution in [0.2, 0.25) is 0 Å². The molecule has 0 amide bonds. The van der Waals surface area contributed by atoms with Crippen molar-refractivity contribution >= 4 is 15.9 Å². The van der Waals surface area contributed by atoms with E-state index in [-0.39, 0.29) is 0 Å². The number of halogens is 1. The minimum atomic E-state index is 0.911. The van der Waals surface area contributed by atoms with Gasteiger partial charge in [0, 0.05) is 44.1 Å². The van der Waals surface area contributed by atoms with Crippen LogP contribution >= 0.6 is 15.9 Å². The maximum absolute atomic E-state index is 3.53. The Morgan fingerprint density at radius 1 is 0.875 bits per heavy atom. The van der Waals surface area contributed by atoms with Gasteiger partial charge in [-0.05, 0) is 12.8 Å².